The van der Waals surface area contributed by atoms with Crippen LogP contribution in [0.3, 0.4) is 0 Å². The average Bonchev–Trinajstić information content (AvgIpc) is 3.65. The zero-order valence-corrected chi connectivity index (χ0v) is 55.5. The molecule has 0 fully saturated rings. The van der Waals surface area contributed by atoms with Gasteiger partial charge >= 0.3 is 12.1 Å². The third-order valence-corrected chi connectivity index (χ3v) is 13.4. The van der Waals surface area contributed by atoms with Gasteiger partial charge in [-0.15, -0.1) is 0 Å². The summed E-state index contributed by atoms with van der Waals surface area (Å²) < 4.78 is 10.4. The summed E-state index contributed by atoms with van der Waals surface area (Å²) in [5, 5.41) is 24.6. The number of amides is 9. The number of methoxy groups -OCH3 is 1. The molecular weight excluding hydrogens is 1150 g/mol. The van der Waals surface area contributed by atoms with Gasteiger partial charge in [-0.1, -0.05) is 174 Å². The van der Waals surface area contributed by atoms with E-state index in [1.54, 1.807) is 112 Å². The molecule has 0 aliphatic rings. The standard InChI is InChI=1S/C69H99N9O12/c1-41(2)32-50(59(79)71-53(35-44(7)8)62(82)75-57(40-49-30-24-19-25-31-49)66(86)77-58(37-46(11)12)67(87)89-16)72-64(84)55(38-47-26-20-17-21-27-47)74-61(81)52(34-43(5)6)70-60(80)51(33-42(3)4)73-65(85)56(39-48-28-22-18-23-29-48)76-63(83)54(36-45(9)10)78-68(88)90-69(13,14)15/h17-31,38-46,50-54,58H,32-37H2,1-16H3,(H,70,80)(H,71,79)(H,72,84)(H,73,85)(H,74,81)(H,75,82)(H,76,83)(H,77,86)(H,78,88)/b55-38-,56-39-,57-40-/t50-,51-,52-,53-,54-,58-/m0/s1. The largest absolute Gasteiger partial charge is 0.467 e. The maximum Gasteiger partial charge on any atom is 0.408 e. The molecule has 3 rings (SSSR count). The molecular formula is C69H99N9O12. The first-order chi connectivity index (χ1) is 42.2. The van der Waals surface area contributed by atoms with E-state index in [0.29, 0.717) is 16.7 Å². The van der Waals surface area contributed by atoms with E-state index < -0.39 is 101 Å². The highest BCUT2D eigenvalue weighted by atomic mass is 16.6. The lowest BCUT2D eigenvalue weighted by atomic mass is 9.99. The Balaban J connectivity index is 2.01. The summed E-state index contributed by atoms with van der Waals surface area (Å²) in [6.45, 7) is 27.3. The fraction of sp³-hybridized carbons (Fsp3) is 0.507. The third kappa shape index (κ3) is 28.7. The highest BCUT2D eigenvalue weighted by Gasteiger charge is 2.35. The summed E-state index contributed by atoms with van der Waals surface area (Å²) in [7, 11) is 1.21. The predicted octanol–water partition coefficient (Wildman–Crippen LogP) is 8.23. The molecule has 0 radical (unpaired) electrons. The van der Waals surface area contributed by atoms with Gasteiger partial charge in [0, 0.05) is 0 Å². The summed E-state index contributed by atoms with van der Waals surface area (Å²) in [4.78, 5) is 141. The number of carbonyl (C=O) groups is 10. The van der Waals surface area contributed by atoms with Crippen LogP contribution in [0.5, 0.6) is 0 Å². The number of hydrogen-bond acceptors (Lipinski definition) is 12. The van der Waals surface area contributed by atoms with Crippen LogP contribution in [0, 0.1) is 35.5 Å². The molecule has 0 unspecified atom stereocenters. The lowest BCUT2D eigenvalue weighted by Gasteiger charge is -2.27. The van der Waals surface area contributed by atoms with Crippen LogP contribution in [0.4, 0.5) is 4.79 Å². The second kappa shape index (κ2) is 37.4. The molecule has 3 aromatic rings. The van der Waals surface area contributed by atoms with Gasteiger partial charge in [0.1, 0.15) is 58.9 Å². The van der Waals surface area contributed by atoms with Crippen LogP contribution in [0.1, 0.15) is 159 Å². The van der Waals surface area contributed by atoms with Crippen LogP contribution >= 0.6 is 0 Å². The second-order valence-corrected chi connectivity index (χ2v) is 26.1. The highest BCUT2D eigenvalue weighted by Crippen LogP contribution is 2.18. The number of esters is 1. The molecule has 0 aliphatic heterocycles. The van der Waals surface area contributed by atoms with E-state index in [0.717, 1.165) is 0 Å². The van der Waals surface area contributed by atoms with Gasteiger partial charge in [0.15, 0.2) is 0 Å². The first kappa shape index (κ1) is 75.6. The van der Waals surface area contributed by atoms with Crippen molar-refractivity contribution >= 4 is 77.5 Å². The zero-order chi connectivity index (χ0) is 67.4. The van der Waals surface area contributed by atoms with Gasteiger partial charge in [-0.2, -0.15) is 0 Å². The van der Waals surface area contributed by atoms with Gasteiger partial charge in [-0.25, -0.2) is 9.59 Å². The maximum absolute atomic E-state index is 14.8. The molecule has 9 N–H and O–H groups in total. The molecule has 21 nitrogen and oxygen atoms in total. The van der Waals surface area contributed by atoms with Crippen LogP contribution < -0.4 is 47.9 Å². The van der Waals surface area contributed by atoms with Crippen molar-refractivity contribution in [3.8, 4) is 0 Å². The van der Waals surface area contributed by atoms with Gasteiger partial charge in [-0.3, -0.25) is 38.4 Å². The van der Waals surface area contributed by atoms with Crippen molar-refractivity contribution in [3.05, 3.63) is 125 Å². The number of ether oxygens (including phenoxy) is 2. The number of nitrogens with one attached hydrogen (secondary N) is 9. The SMILES string of the molecule is COC(=O)[C@H](CC(C)C)NC(=O)/C(=C/c1ccccc1)NC(=O)[C@H](CC(C)C)NC(=O)[C@H](CC(C)C)NC(=O)/C(=C/c1ccccc1)NC(=O)[C@H](CC(C)C)NC(=O)[C@H](CC(C)C)NC(=O)/C(=C/c1ccccc1)NC(=O)[C@H](CC(C)C)NC(=O)OC(C)(C)C. The normalized spacial score (nSPS) is 14.1. The van der Waals surface area contributed by atoms with Crippen LogP contribution in [-0.2, 0) is 52.6 Å². The molecule has 0 bridgehead atoms. The lowest BCUT2D eigenvalue weighted by molar-refractivity contribution is -0.145. The van der Waals surface area contributed by atoms with E-state index in [-0.39, 0.29) is 91.1 Å². The third-order valence-electron chi connectivity index (χ3n) is 13.4. The molecule has 0 aromatic heterocycles. The van der Waals surface area contributed by atoms with Gasteiger partial charge in [-0.05, 0) is 130 Å². The molecule has 492 valence electrons. The summed E-state index contributed by atoms with van der Waals surface area (Å²) >= 11 is 0. The Morgan fingerprint density at radius 1 is 0.356 bits per heavy atom. The molecule has 3 aromatic carbocycles. The smallest absolute Gasteiger partial charge is 0.408 e. The minimum absolute atomic E-state index is 0.0104. The lowest BCUT2D eigenvalue weighted by Crippen LogP contribution is -2.57. The van der Waals surface area contributed by atoms with E-state index in [4.69, 9.17) is 9.47 Å². The molecule has 0 saturated heterocycles. The number of carbonyl (C=O) groups excluding carboxylic acids is 10. The summed E-state index contributed by atoms with van der Waals surface area (Å²) in [6.07, 6.45) is 4.28. The van der Waals surface area contributed by atoms with Gasteiger partial charge in [0.2, 0.25) is 29.5 Å². The van der Waals surface area contributed by atoms with Crippen molar-refractivity contribution in [2.24, 2.45) is 35.5 Å². The van der Waals surface area contributed by atoms with Crippen LogP contribution in [-0.4, -0.2) is 108 Å². The minimum atomic E-state index is -1.29. The second-order valence-electron chi connectivity index (χ2n) is 26.1. The molecule has 6 atom stereocenters. The first-order valence-corrected chi connectivity index (χ1v) is 31.1. The van der Waals surface area contributed by atoms with Crippen molar-refractivity contribution in [2.45, 2.75) is 184 Å². The molecule has 21 heteroatoms. The Kier molecular flexibility index (Phi) is 31.4. The Bertz CT molecular complexity index is 2970. The quantitative estimate of drug-likeness (QED) is 0.0206. The van der Waals surface area contributed by atoms with Crippen LogP contribution in [0.2, 0.25) is 0 Å². The Morgan fingerprint density at radius 2 is 0.600 bits per heavy atom. The molecule has 9 amide bonds. The predicted molar refractivity (Wildman–Crippen MR) is 349 cm³/mol. The van der Waals surface area contributed by atoms with E-state index in [1.807, 2.05) is 83.1 Å². The minimum Gasteiger partial charge on any atom is -0.467 e. The fourth-order valence-electron chi connectivity index (χ4n) is 9.33. The van der Waals surface area contributed by atoms with E-state index >= 15 is 0 Å². The van der Waals surface area contributed by atoms with Crippen molar-refractivity contribution in [2.75, 3.05) is 7.11 Å². The number of hydrogen-bond donors (Lipinski definition) is 9. The summed E-state index contributed by atoms with van der Waals surface area (Å²) in [6, 6.07) is 18.8. The first-order valence-electron chi connectivity index (χ1n) is 31.1. The van der Waals surface area contributed by atoms with Crippen LogP contribution in [0.15, 0.2) is 108 Å². The molecule has 0 heterocycles. The van der Waals surface area contributed by atoms with Crippen LogP contribution in [0.25, 0.3) is 18.2 Å². The zero-order valence-electron chi connectivity index (χ0n) is 55.5. The van der Waals surface area contributed by atoms with Gasteiger partial charge < -0.3 is 57.3 Å². The highest BCUT2D eigenvalue weighted by molar-refractivity contribution is 6.07. The molecule has 0 aliphatic carbocycles. The molecule has 0 saturated carbocycles. The molecule has 90 heavy (non-hydrogen) atoms. The number of benzene rings is 3. The monoisotopic (exact) mass is 1250 g/mol. The van der Waals surface area contributed by atoms with Gasteiger partial charge in [0.25, 0.3) is 17.7 Å². The molecule has 0 spiro atoms. The van der Waals surface area contributed by atoms with Crippen molar-refractivity contribution in [3.63, 3.8) is 0 Å². The summed E-state index contributed by atoms with van der Waals surface area (Å²) in [5.41, 5.74) is 0.0228. The van der Waals surface area contributed by atoms with E-state index in [1.165, 1.54) is 25.3 Å². The van der Waals surface area contributed by atoms with Gasteiger partial charge in [0.05, 0.1) is 7.11 Å². The number of alkyl carbamates (subject to hydrolysis) is 1. The fourth-order valence-corrected chi connectivity index (χ4v) is 9.33. The maximum atomic E-state index is 14.8. The van der Waals surface area contributed by atoms with Crippen molar-refractivity contribution in [1.82, 2.24) is 47.9 Å². The number of rotatable bonds is 33. The average molecular weight is 1250 g/mol. The Hall–Kier alpha value is -8.62. The Labute approximate surface area is 532 Å². The Morgan fingerprint density at radius 3 is 0.856 bits per heavy atom. The van der Waals surface area contributed by atoms with E-state index in [2.05, 4.69) is 47.9 Å². The van der Waals surface area contributed by atoms with E-state index in [9.17, 15) is 47.9 Å². The topological polar surface area (TPSA) is 297 Å². The summed E-state index contributed by atoms with van der Waals surface area (Å²) in [5.74, 6) is -7.68. The van der Waals surface area contributed by atoms with Crippen molar-refractivity contribution in [1.29, 1.82) is 0 Å². The van der Waals surface area contributed by atoms with Crippen molar-refractivity contribution < 1.29 is 57.4 Å².